The van der Waals surface area contributed by atoms with Gasteiger partial charge in [-0.3, -0.25) is 14.8 Å². The smallest absolute Gasteiger partial charge is 0.224 e. The van der Waals surface area contributed by atoms with Gasteiger partial charge in [-0.2, -0.15) is 0 Å². The Bertz CT molecular complexity index is 3430. The number of carbonyl (C=O) groups excluding carboxylic acids is 1. The van der Waals surface area contributed by atoms with Crippen LogP contribution in [0.25, 0.3) is 102 Å². The van der Waals surface area contributed by atoms with Crippen LogP contribution in [0.4, 0.5) is 5.69 Å². The molecule has 7 heterocycles. The summed E-state index contributed by atoms with van der Waals surface area (Å²) in [6, 6.07) is 57.7. The summed E-state index contributed by atoms with van der Waals surface area (Å²) in [7, 11) is 0. The largest absolute Gasteiger partial charge is 0.354 e. The van der Waals surface area contributed by atoms with Crippen LogP contribution in [0.15, 0.2) is 182 Å². The van der Waals surface area contributed by atoms with E-state index in [-0.39, 0.29) is 5.91 Å². The fourth-order valence-corrected chi connectivity index (χ4v) is 8.92. The fraction of sp³-hybridized carbons (Fsp3) is 0.0517. The van der Waals surface area contributed by atoms with Crippen LogP contribution < -0.4 is 5.32 Å². The van der Waals surface area contributed by atoms with Crippen LogP contribution in [-0.2, 0) is 11.2 Å². The van der Waals surface area contributed by atoms with Crippen molar-refractivity contribution < 1.29 is 4.79 Å². The van der Waals surface area contributed by atoms with Gasteiger partial charge in [0.15, 0.2) is 0 Å². The minimum absolute atomic E-state index is 0.0336. The first-order valence-electron chi connectivity index (χ1n) is 22.2. The molecule has 2 aliphatic rings. The van der Waals surface area contributed by atoms with E-state index < -0.39 is 0 Å². The predicted octanol–water partition coefficient (Wildman–Crippen LogP) is 13.7. The summed E-state index contributed by atoms with van der Waals surface area (Å²) in [5.74, 6) is -0.0336. The Morgan fingerprint density at radius 3 is 1.33 bits per heavy atom. The molecule has 0 saturated heterocycles. The number of aromatic amines is 2. The zero-order valence-electron chi connectivity index (χ0n) is 35.9. The van der Waals surface area contributed by atoms with Gasteiger partial charge in [-0.25, -0.2) is 9.97 Å². The Hall–Kier alpha value is -8.75. The van der Waals surface area contributed by atoms with Crippen molar-refractivity contribution in [1.29, 1.82) is 0 Å². The average Bonchev–Trinajstić information content (AvgIpc) is 4.22. The van der Waals surface area contributed by atoms with E-state index in [9.17, 15) is 4.79 Å². The van der Waals surface area contributed by atoms with E-state index in [1.54, 1.807) is 12.4 Å². The Kier molecular flexibility index (Phi) is 10.8. The van der Waals surface area contributed by atoms with E-state index in [1.807, 2.05) is 60.7 Å². The summed E-state index contributed by atoms with van der Waals surface area (Å²) in [6.45, 7) is 0. The van der Waals surface area contributed by atoms with Gasteiger partial charge in [-0.05, 0) is 126 Å². The molecule has 0 saturated carbocycles. The number of amides is 1. The average molecular weight is 854 g/mol. The molecule has 0 spiro atoms. The molecule has 316 valence electrons. The molecular formula is C58H43N7O. The van der Waals surface area contributed by atoms with Crippen LogP contribution in [0.3, 0.4) is 0 Å². The normalized spacial score (nSPS) is 11.8. The van der Waals surface area contributed by atoms with Gasteiger partial charge >= 0.3 is 0 Å². The first-order valence-corrected chi connectivity index (χ1v) is 22.2. The van der Waals surface area contributed by atoms with Gasteiger partial charge in [-0.15, -0.1) is 0 Å². The molecule has 4 aromatic carbocycles. The zero-order valence-corrected chi connectivity index (χ0v) is 35.9. The van der Waals surface area contributed by atoms with Gasteiger partial charge in [0, 0.05) is 68.8 Å². The second kappa shape index (κ2) is 17.8. The second-order valence-corrected chi connectivity index (χ2v) is 16.3. The molecule has 66 heavy (non-hydrogen) atoms. The van der Waals surface area contributed by atoms with E-state index in [1.165, 1.54) is 0 Å². The highest BCUT2D eigenvalue weighted by Gasteiger charge is 2.19. The number of hydrogen-bond donors (Lipinski definition) is 3. The molecule has 0 aliphatic carbocycles. The maximum atomic E-state index is 13.3. The lowest BCUT2D eigenvalue weighted by molar-refractivity contribution is -0.116. The van der Waals surface area contributed by atoms with Crippen molar-refractivity contribution >= 4 is 58.0 Å². The molecule has 9 aromatic rings. The number of nitrogens with zero attached hydrogens (tertiary/aromatic N) is 4. The third-order valence-corrected chi connectivity index (χ3v) is 12.0. The van der Waals surface area contributed by atoms with E-state index in [4.69, 9.17) is 9.97 Å². The highest BCUT2D eigenvalue weighted by atomic mass is 16.1. The molecule has 2 aliphatic heterocycles. The molecular weight excluding hydrogens is 811 g/mol. The minimum atomic E-state index is -0.0336. The highest BCUT2D eigenvalue weighted by molar-refractivity contribution is 6.00. The van der Waals surface area contributed by atoms with Crippen molar-refractivity contribution in [3.05, 3.63) is 211 Å². The molecule has 0 atom stereocenters. The number of aryl methyl sites for hydroxylation is 1. The van der Waals surface area contributed by atoms with Crippen molar-refractivity contribution in [2.75, 3.05) is 5.32 Å². The van der Waals surface area contributed by atoms with Crippen LogP contribution in [0, 0.1) is 0 Å². The number of rotatable bonds is 10. The van der Waals surface area contributed by atoms with Gasteiger partial charge in [0.25, 0.3) is 0 Å². The Labute approximate surface area is 382 Å². The van der Waals surface area contributed by atoms with Crippen molar-refractivity contribution in [2.45, 2.75) is 19.3 Å². The van der Waals surface area contributed by atoms with Crippen molar-refractivity contribution in [1.82, 2.24) is 29.9 Å². The Balaban J connectivity index is 1.01. The molecule has 11 rings (SSSR count). The summed E-state index contributed by atoms with van der Waals surface area (Å²) in [5.41, 5.74) is 18.7. The van der Waals surface area contributed by atoms with Crippen molar-refractivity contribution in [3.8, 4) is 55.9 Å². The molecule has 8 bridgehead atoms. The molecule has 8 nitrogen and oxygen atoms in total. The van der Waals surface area contributed by atoms with Crippen LogP contribution >= 0.6 is 0 Å². The first kappa shape index (κ1) is 40.1. The standard InChI is InChI=1S/C58H43N7O/c66-54(21-12-13-38-34-36-60-53(37-38)44-20-10-11-35-59-44)61-43-24-22-42(23-25-43)58-51-32-30-49(64-51)56(40-16-6-2-7-17-40)47-28-26-45(62-47)55(39-14-4-1-5-15-39)46-27-29-48(63-46)57(41-18-8-3-9-19-41)50-31-33-52(58)65-50/h1-11,14-20,22-37,62,65H,12-13,21H2,(H,61,66). The predicted molar refractivity (Wildman–Crippen MR) is 270 cm³/mol. The molecule has 5 aromatic heterocycles. The topological polar surface area (TPSA) is 112 Å². The quantitative estimate of drug-likeness (QED) is 0.127. The van der Waals surface area contributed by atoms with Crippen LogP contribution in [0.1, 0.15) is 41.2 Å². The lowest BCUT2D eigenvalue weighted by Crippen LogP contribution is -2.11. The van der Waals surface area contributed by atoms with Crippen LogP contribution in [0.5, 0.6) is 0 Å². The summed E-state index contributed by atoms with van der Waals surface area (Å²) >= 11 is 0. The van der Waals surface area contributed by atoms with Crippen LogP contribution in [-0.4, -0.2) is 35.8 Å². The molecule has 0 fully saturated rings. The summed E-state index contributed by atoms with van der Waals surface area (Å²) < 4.78 is 0. The fourth-order valence-electron chi connectivity index (χ4n) is 8.92. The van der Waals surface area contributed by atoms with Gasteiger partial charge in [0.05, 0.1) is 34.2 Å². The zero-order chi connectivity index (χ0) is 44.2. The van der Waals surface area contributed by atoms with Crippen LogP contribution in [0.2, 0.25) is 0 Å². The maximum Gasteiger partial charge on any atom is 0.224 e. The number of fused-ring (bicyclic) bond motifs is 8. The summed E-state index contributed by atoms with van der Waals surface area (Å²) in [4.78, 5) is 40.6. The van der Waals surface area contributed by atoms with E-state index >= 15 is 0 Å². The number of benzene rings is 4. The number of hydrogen-bond acceptors (Lipinski definition) is 5. The van der Waals surface area contributed by atoms with Gasteiger partial charge in [0.1, 0.15) is 0 Å². The molecule has 0 radical (unpaired) electrons. The van der Waals surface area contributed by atoms with E-state index in [0.717, 1.165) is 118 Å². The lowest BCUT2D eigenvalue weighted by Gasteiger charge is -2.09. The summed E-state index contributed by atoms with van der Waals surface area (Å²) in [6.07, 6.45) is 13.9. The third kappa shape index (κ3) is 8.15. The minimum Gasteiger partial charge on any atom is -0.354 e. The van der Waals surface area contributed by atoms with Gasteiger partial charge in [0.2, 0.25) is 5.91 Å². The molecule has 1 amide bonds. The van der Waals surface area contributed by atoms with E-state index in [2.05, 4.69) is 159 Å². The number of carbonyl (C=O) groups is 1. The molecule has 3 N–H and O–H groups in total. The lowest BCUT2D eigenvalue weighted by atomic mass is 10.0. The van der Waals surface area contributed by atoms with Gasteiger partial charge < -0.3 is 15.3 Å². The third-order valence-electron chi connectivity index (χ3n) is 12.0. The number of H-pyrrole nitrogens is 2. The summed E-state index contributed by atoms with van der Waals surface area (Å²) in [5, 5.41) is 3.13. The van der Waals surface area contributed by atoms with Gasteiger partial charge in [-0.1, -0.05) is 109 Å². The Morgan fingerprint density at radius 2 is 0.879 bits per heavy atom. The number of anilines is 1. The van der Waals surface area contributed by atoms with Crippen molar-refractivity contribution in [2.24, 2.45) is 0 Å². The number of pyridine rings is 2. The highest BCUT2D eigenvalue weighted by Crippen LogP contribution is 2.38. The van der Waals surface area contributed by atoms with Crippen molar-refractivity contribution in [3.63, 3.8) is 0 Å². The SMILES string of the molecule is O=C(CCCc1ccnc(-c2ccccn2)c1)Nc1ccc(-c2c3nc(c(-c4ccccc4)c4ccc([nH]4)c(-c4ccccc4)c4nc(c(-c5ccccc5)c5ccc2[nH]5)C=C4)C=C3)cc1. The number of aromatic nitrogens is 6. The Morgan fingerprint density at radius 1 is 0.439 bits per heavy atom. The van der Waals surface area contributed by atoms with E-state index in [0.29, 0.717) is 12.8 Å². The molecule has 0 unspecified atom stereocenters. The second-order valence-electron chi connectivity index (χ2n) is 16.3. The maximum absolute atomic E-state index is 13.3. The first-order chi connectivity index (χ1) is 32.6. The molecule has 8 heteroatoms. The monoisotopic (exact) mass is 853 g/mol. The number of nitrogens with one attached hydrogen (secondary N) is 3.